The molecule has 4 rings (SSSR count). The number of nitrogens with zero attached hydrogens (tertiary/aromatic N) is 1. The largest absolute Gasteiger partial charge is 0.465 e. The molecule has 0 aromatic heterocycles. The molecule has 1 N–H and O–H groups in total. The zero-order chi connectivity index (χ0) is 22.0. The molecule has 0 bridgehead atoms. The SMILES string of the molecule is CC[C@@H](C)c1ccc(N2C(=O)c3ccccc3N[C@H]2c2ccc(C(=O)OC)cc2)cc1. The molecule has 1 aliphatic rings. The van der Waals surface area contributed by atoms with E-state index in [1.165, 1.54) is 12.7 Å². The minimum atomic E-state index is -0.399. The highest BCUT2D eigenvalue weighted by atomic mass is 16.5. The van der Waals surface area contributed by atoms with E-state index in [1.54, 1.807) is 17.0 Å². The Balaban J connectivity index is 1.76. The van der Waals surface area contributed by atoms with Crippen LogP contribution in [0, 0.1) is 0 Å². The number of rotatable bonds is 5. The van der Waals surface area contributed by atoms with Crippen molar-refractivity contribution >= 4 is 23.3 Å². The van der Waals surface area contributed by atoms with Gasteiger partial charge in [-0.15, -0.1) is 0 Å². The number of methoxy groups -OCH3 is 1. The standard InChI is InChI=1S/C26H26N2O3/c1-4-17(2)18-13-15-21(16-14-18)28-24(19-9-11-20(12-10-19)26(30)31-3)27-23-8-6-5-7-22(23)25(28)29/h5-17,24,27H,4H2,1-3H3/t17-,24-/m1/s1. The Hall–Kier alpha value is -3.60. The number of para-hydroxylation sites is 1. The van der Waals surface area contributed by atoms with Crippen LogP contribution in [0.25, 0.3) is 0 Å². The average Bonchev–Trinajstić information content (AvgIpc) is 2.83. The quantitative estimate of drug-likeness (QED) is 0.540. The summed E-state index contributed by atoms with van der Waals surface area (Å²) in [6, 6.07) is 22.9. The molecule has 0 spiro atoms. The minimum absolute atomic E-state index is 0.0623. The number of hydrogen-bond acceptors (Lipinski definition) is 4. The molecular weight excluding hydrogens is 388 g/mol. The van der Waals surface area contributed by atoms with Crippen LogP contribution in [0.1, 0.15) is 64.2 Å². The predicted molar refractivity (Wildman–Crippen MR) is 123 cm³/mol. The third kappa shape index (κ3) is 3.91. The van der Waals surface area contributed by atoms with Gasteiger partial charge in [-0.25, -0.2) is 4.79 Å². The van der Waals surface area contributed by atoms with Gasteiger partial charge in [-0.05, 0) is 59.9 Å². The molecule has 1 amide bonds. The van der Waals surface area contributed by atoms with Crippen molar-refractivity contribution in [1.82, 2.24) is 0 Å². The molecule has 0 radical (unpaired) electrons. The number of esters is 1. The van der Waals surface area contributed by atoms with Crippen molar-refractivity contribution in [3.63, 3.8) is 0 Å². The van der Waals surface area contributed by atoms with Gasteiger partial charge in [0.25, 0.3) is 5.91 Å². The maximum absolute atomic E-state index is 13.5. The fourth-order valence-electron chi connectivity index (χ4n) is 3.87. The van der Waals surface area contributed by atoms with E-state index in [0.717, 1.165) is 23.4 Å². The van der Waals surface area contributed by atoms with Gasteiger partial charge in [-0.1, -0.05) is 50.2 Å². The molecule has 0 saturated heterocycles. The number of hydrogen-bond donors (Lipinski definition) is 1. The van der Waals surface area contributed by atoms with Crippen LogP contribution >= 0.6 is 0 Å². The van der Waals surface area contributed by atoms with E-state index in [9.17, 15) is 9.59 Å². The van der Waals surface area contributed by atoms with Crippen LogP contribution in [-0.2, 0) is 4.74 Å². The molecule has 0 fully saturated rings. The van der Waals surface area contributed by atoms with Crippen molar-refractivity contribution in [1.29, 1.82) is 0 Å². The molecule has 3 aromatic carbocycles. The fraction of sp³-hybridized carbons (Fsp3) is 0.231. The van der Waals surface area contributed by atoms with Crippen molar-refractivity contribution in [3.8, 4) is 0 Å². The number of benzene rings is 3. The number of ether oxygens (including phenoxy) is 1. The van der Waals surface area contributed by atoms with E-state index >= 15 is 0 Å². The van der Waals surface area contributed by atoms with Crippen LogP contribution in [0.2, 0.25) is 0 Å². The zero-order valence-electron chi connectivity index (χ0n) is 18.0. The normalized spacial score (nSPS) is 16.3. The smallest absolute Gasteiger partial charge is 0.337 e. The third-order valence-corrected chi connectivity index (χ3v) is 5.93. The molecule has 0 saturated carbocycles. The summed E-state index contributed by atoms with van der Waals surface area (Å²) in [4.78, 5) is 27.1. The van der Waals surface area contributed by atoms with Gasteiger partial charge in [0.05, 0.1) is 18.2 Å². The monoisotopic (exact) mass is 414 g/mol. The van der Waals surface area contributed by atoms with Crippen molar-refractivity contribution < 1.29 is 14.3 Å². The summed E-state index contributed by atoms with van der Waals surface area (Å²) in [5.41, 5.74) is 4.85. The number of amides is 1. The van der Waals surface area contributed by atoms with E-state index in [0.29, 0.717) is 17.0 Å². The fourth-order valence-corrected chi connectivity index (χ4v) is 3.87. The van der Waals surface area contributed by atoms with Gasteiger partial charge in [-0.2, -0.15) is 0 Å². The lowest BCUT2D eigenvalue weighted by Gasteiger charge is -2.38. The summed E-state index contributed by atoms with van der Waals surface area (Å²) in [7, 11) is 1.36. The molecule has 5 heteroatoms. The van der Waals surface area contributed by atoms with Crippen LogP contribution in [0.15, 0.2) is 72.8 Å². The molecule has 1 aliphatic heterocycles. The van der Waals surface area contributed by atoms with Crippen molar-refractivity contribution in [2.24, 2.45) is 0 Å². The van der Waals surface area contributed by atoms with Crippen LogP contribution < -0.4 is 10.2 Å². The maximum Gasteiger partial charge on any atom is 0.337 e. The van der Waals surface area contributed by atoms with Gasteiger partial charge in [0, 0.05) is 11.4 Å². The van der Waals surface area contributed by atoms with E-state index < -0.39 is 6.17 Å². The predicted octanol–water partition coefficient (Wildman–Crippen LogP) is 5.76. The molecule has 0 unspecified atom stereocenters. The lowest BCUT2D eigenvalue weighted by Crippen LogP contribution is -2.43. The molecular formula is C26H26N2O3. The highest BCUT2D eigenvalue weighted by Gasteiger charge is 2.34. The Bertz CT molecular complexity index is 1090. The first-order valence-corrected chi connectivity index (χ1v) is 10.5. The Morgan fingerprint density at radius 1 is 1.03 bits per heavy atom. The second-order valence-electron chi connectivity index (χ2n) is 7.78. The van der Waals surface area contributed by atoms with Crippen LogP contribution in [-0.4, -0.2) is 19.0 Å². The van der Waals surface area contributed by atoms with Gasteiger partial charge in [0.1, 0.15) is 6.17 Å². The van der Waals surface area contributed by atoms with Crippen molar-refractivity contribution in [3.05, 3.63) is 95.1 Å². The molecule has 0 aliphatic carbocycles. The highest BCUT2D eigenvalue weighted by molar-refractivity contribution is 6.12. The number of carbonyl (C=O) groups excluding carboxylic acids is 2. The van der Waals surface area contributed by atoms with Gasteiger partial charge >= 0.3 is 5.97 Å². The average molecular weight is 415 g/mol. The number of nitrogens with one attached hydrogen (secondary N) is 1. The topological polar surface area (TPSA) is 58.6 Å². The first-order valence-electron chi connectivity index (χ1n) is 10.5. The van der Waals surface area contributed by atoms with Gasteiger partial charge < -0.3 is 10.1 Å². The minimum Gasteiger partial charge on any atom is -0.465 e. The second-order valence-corrected chi connectivity index (χ2v) is 7.78. The molecule has 31 heavy (non-hydrogen) atoms. The summed E-state index contributed by atoms with van der Waals surface area (Å²) in [5.74, 6) is 0.0152. The highest BCUT2D eigenvalue weighted by Crippen LogP contribution is 2.37. The molecule has 3 aromatic rings. The lowest BCUT2D eigenvalue weighted by molar-refractivity contribution is 0.0600. The summed E-state index contributed by atoms with van der Waals surface area (Å²) >= 11 is 0. The van der Waals surface area contributed by atoms with E-state index in [2.05, 4.69) is 31.3 Å². The maximum atomic E-state index is 13.5. The van der Waals surface area contributed by atoms with Gasteiger partial charge in [-0.3, -0.25) is 9.69 Å². The van der Waals surface area contributed by atoms with Crippen LogP contribution in [0.4, 0.5) is 11.4 Å². The summed E-state index contributed by atoms with van der Waals surface area (Å²) in [6.07, 6.45) is 0.662. The molecule has 158 valence electrons. The second kappa shape index (κ2) is 8.64. The third-order valence-electron chi connectivity index (χ3n) is 5.93. The molecule has 5 nitrogen and oxygen atoms in total. The first-order chi connectivity index (χ1) is 15.0. The number of fused-ring (bicyclic) bond motifs is 1. The van der Waals surface area contributed by atoms with Crippen molar-refractivity contribution in [2.45, 2.75) is 32.4 Å². The zero-order valence-corrected chi connectivity index (χ0v) is 18.0. The first kappa shape index (κ1) is 20.7. The van der Waals surface area contributed by atoms with Crippen LogP contribution in [0.5, 0.6) is 0 Å². The Morgan fingerprint density at radius 2 is 1.71 bits per heavy atom. The summed E-state index contributed by atoms with van der Waals surface area (Å²) in [5, 5.41) is 3.49. The molecule has 2 atom stereocenters. The Morgan fingerprint density at radius 3 is 2.35 bits per heavy atom. The summed E-state index contributed by atoms with van der Waals surface area (Å²) in [6.45, 7) is 4.37. The molecule has 1 heterocycles. The van der Waals surface area contributed by atoms with Crippen molar-refractivity contribution in [2.75, 3.05) is 17.3 Å². The van der Waals surface area contributed by atoms with Gasteiger partial charge in [0.2, 0.25) is 0 Å². The summed E-state index contributed by atoms with van der Waals surface area (Å²) < 4.78 is 4.80. The lowest BCUT2D eigenvalue weighted by atomic mass is 9.97. The Kier molecular flexibility index (Phi) is 5.76. The Labute approximate surface area is 182 Å². The van der Waals surface area contributed by atoms with E-state index in [-0.39, 0.29) is 11.9 Å². The number of anilines is 2. The van der Waals surface area contributed by atoms with Crippen LogP contribution in [0.3, 0.4) is 0 Å². The van der Waals surface area contributed by atoms with E-state index in [4.69, 9.17) is 4.74 Å². The van der Waals surface area contributed by atoms with Gasteiger partial charge in [0.15, 0.2) is 0 Å². The van der Waals surface area contributed by atoms with E-state index in [1.807, 2.05) is 48.5 Å². The number of carbonyl (C=O) groups is 2.